The number of benzene rings is 1. The molecule has 0 radical (unpaired) electrons. The smallest absolute Gasteiger partial charge is 0.227 e. The van der Waals surface area contributed by atoms with Gasteiger partial charge in [-0.3, -0.25) is 9.59 Å². The molecule has 5 nitrogen and oxygen atoms in total. The Labute approximate surface area is 144 Å². The first kappa shape index (κ1) is 19.5. The second-order valence-electron chi connectivity index (χ2n) is 5.52. The second kappa shape index (κ2) is 10.2. The number of carbonyl (C=O) groups is 2. The highest BCUT2D eigenvalue weighted by molar-refractivity contribution is 5.96. The lowest BCUT2D eigenvalue weighted by Gasteiger charge is -2.29. The molecule has 0 fully saturated rings. The number of nitrogens with one attached hydrogen (secondary N) is 2. The molecule has 0 unspecified atom stereocenters. The SMILES string of the molecule is CCCNCCNC(=O)CCN1C(=O)CCc2ccccc21.Cl. The molecule has 0 aromatic heterocycles. The third-order valence-electron chi connectivity index (χ3n) is 3.80. The Bertz CT molecular complexity index is 522. The summed E-state index contributed by atoms with van der Waals surface area (Å²) in [5, 5.41) is 6.12. The number of hydrogen-bond donors (Lipinski definition) is 2. The molecule has 23 heavy (non-hydrogen) atoms. The molecule has 1 aliphatic heterocycles. The van der Waals surface area contributed by atoms with Gasteiger partial charge in [0, 0.05) is 38.2 Å². The maximum absolute atomic E-state index is 12.1. The Hall–Kier alpha value is -1.59. The third kappa shape index (κ3) is 5.84. The molecule has 0 bridgehead atoms. The van der Waals surface area contributed by atoms with Crippen LogP contribution in [-0.2, 0) is 16.0 Å². The van der Waals surface area contributed by atoms with E-state index in [9.17, 15) is 9.59 Å². The monoisotopic (exact) mass is 339 g/mol. The molecule has 0 saturated carbocycles. The van der Waals surface area contributed by atoms with Gasteiger partial charge in [0.2, 0.25) is 11.8 Å². The van der Waals surface area contributed by atoms with Gasteiger partial charge < -0.3 is 15.5 Å². The molecule has 128 valence electrons. The van der Waals surface area contributed by atoms with Crippen molar-refractivity contribution in [3.8, 4) is 0 Å². The summed E-state index contributed by atoms with van der Waals surface area (Å²) in [6.07, 6.45) is 2.75. The van der Waals surface area contributed by atoms with Gasteiger partial charge >= 0.3 is 0 Å². The van der Waals surface area contributed by atoms with Crippen molar-refractivity contribution in [3.63, 3.8) is 0 Å². The molecular weight excluding hydrogens is 314 g/mol. The molecule has 0 spiro atoms. The lowest BCUT2D eigenvalue weighted by molar-refractivity contribution is -0.121. The highest BCUT2D eigenvalue weighted by Crippen LogP contribution is 2.27. The predicted octanol–water partition coefficient (Wildman–Crippen LogP) is 1.89. The van der Waals surface area contributed by atoms with Crippen molar-refractivity contribution in [2.24, 2.45) is 0 Å². The molecule has 1 aromatic carbocycles. The Morgan fingerprint density at radius 3 is 2.74 bits per heavy atom. The van der Waals surface area contributed by atoms with Crippen molar-refractivity contribution in [2.45, 2.75) is 32.6 Å². The number of amides is 2. The predicted molar refractivity (Wildman–Crippen MR) is 95.2 cm³/mol. The Kier molecular flexibility index (Phi) is 8.66. The number of nitrogens with zero attached hydrogens (tertiary/aromatic N) is 1. The second-order valence-corrected chi connectivity index (χ2v) is 5.52. The summed E-state index contributed by atoms with van der Waals surface area (Å²) in [6, 6.07) is 7.93. The zero-order chi connectivity index (χ0) is 15.8. The molecular formula is C17H26ClN3O2. The fourth-order valence-corrected chi connectivity index (χ4v) is 2.64. The minimum absolute atomic E-state index is 0. The molecule has 6 heteroatoms. The van der Waals surface area contributed by atoms with Crippen molar-refractivity contribution in [1.82, 2.24) is 10.6 Å². The van der Waals surface area contributed by atoms with Crippen LogP contribution in [0.4, 0.5) is 5.69 Å². The lowest BCUT2D eigenvalue weighted by atomic mass is 10.0. The number of fused-ring (bicyclic) bond motifs is 1. The Morgan fingerprint density at radius 1 is 1.17 bits per heavy atom. The highest BCUT2D eigenvalue weighted by Gasteiger charge is 2.23. The molecule has 2 N–H and O–H groups in total. The summed E-state index contributed by atoms with van der Waals surface area (Å²) in [5.41, 5.74) is 2.14. The molecule has 1 aliphatic rings. The number of para-hydroxylation sites is 1. The minimum atomic E-state index is -0.00541. The highest BCUT2D eigenvalue weighted by atomic mass is 35.5. The average Bonchev–Trinajstić information content (AvgIpc) is 2.53. The van der Waals surface area contributed by atoms with Crippen LogP contribution in [0.15, 0.2) is 24.3 Å². The van der Waals surface area contributed by atoms with Gasteiger partial charge in [-0.05, 0) is 31.0 Å². The summed E-state index contributed by atoms with van der Waals surface area (Å²) in [5.74, 6) is 0.102. The van der Waals surface area contributed by atoms with E-state index in [-0.39, 0.29) is 24.2 Å². The number of halogens is 1. The van der Waals surface area contributed by atoms with Gasteiger partial charge in [-0.25, -0.2) is 0 Å². The van der Waals surface area contributed by atoms with Crippen molar-refractivity contribution in [1.29, 1.82) is 0 Å². The number of carbonyl (C=O) groups excluding carboxylic acids is 2. The zero-order valence-corrected chi connectivity index (χ0v) is 14.5. The van der Waals surface area contributed by atoms with E-state index in [0.29, 0.717) is 25.9 Å². The van der Waals surface area contributed by atoms with E-state index in [4.69, 9.17) is 0 Å². The van der Waals surface area contributed by atoms with Crippen LogP contribution in [0.25, 0.3) is 0 Å². The van der Waals surface area contributed by atoms with E-state index in [1.54, 1.807) is 4.90 Å². The molecule has 0 saturated heterocycles. The van der Waals surface area contributed by atoms with Gasteiger partial charge in [0.05, 0.1) is 0 Å². The number of anilines is 1. The summed E-state index contributed by atoms with van der Waals surface area (Å²) >= 11 is 0. The lowest BCUT2D eigenvalue weighted by Crippen LogP contribution is -2.39. The number of aryl methyl sites for hydroxylation is 1. The maximum atomic E-state index is 12.1. The molecule has 0 aliphatic carbocycles. The van der Waals surface area contributed by atoms with Gasteiger partial charge in [-0.15, -0.1) is 12.4 Å². The van der Waals surface area contributed by atoms with Gasteiger partial charge in [0.25, 0.3) is 0 Å². The summed E-state index contributed by atoms with van der Waals surface area (Å²) in [6.45, 7) is 4.94. The minimum Gasteiger partial charge on any atom is -0.355 e. The first-order valence-corrected chi connectivity index (χ1v) is 8.08. The van der Waals surface area contributed by atoms with E-state index in [0.717, 1.165) is 31.6 Å². The normalized spacial score (nSPS) is 13.3. The van der Waals surface area contributed by atoms with Crippen molar-refractivity contribution < 1.29 is 9.59 Å². The first-order valence-electron chi connectivity index (χ1n) is 8.08. The Balaban J connectivity index is 0.00000264. The van der Waals surface area contributed by atoms with Crippen LogP contribution >= 0.6 is 12.4 Å². The Morgan fingerprint density at radius 2 is 1.96 bits per heavy atom. The molecule has 2 rings (SSSR count). The van der Waals surface area contributed by atoms with Crippen LogP contribution in [0, 0.1) is 0 Å². The van der Waals surface area contributed by atoms with Crippen molar-refractivity contribution >= 4 is 29.9 Å². The van der Waals surface area contributed by atoms with Gasteiger partial charge in [-0.1, -0.05) is 25.1 Å². The standard InChI is InChI=1S/C17H25N3O2.ClH/c1-2-10-18-11-12-19-16(21)9-13-20-15-6-4-3-5-14(15)7-8-17(20)22;/h3-6,18H,2,7-13H2,1H3,(H,19,21);1H. The van der Waals surface area contributed by atoms with Crippen LogP contribution in [0.3, 0.4) is 0 Å². The van der Waals surface area contributed by atoms with Crippen LogP contribution < -0.4 is 15.5 Å². The summed E-state index contributed by atoms with van der Waals surface area (Å²) in [7, 11) is 0. The maximum Gasteiger partial charge on any atom is 0.227 e. The van der Waals surface area contributed by atoms with Crippen LogP contribution in [0.5, 0.6) is 0 Å². The van der Waals surface area contributed by atoms with Gasteiger partial charge in [0.1, 0.15) is 0 Å². The topological polar surface area (TPSA) is 61.4 Å². The average molecular weight is 340 g/mol. The third-order valence-corrected chi connectivity index (χ3v) is 3.80. The molecule has 0 atom stereocenters. The summed E-state index contributed by atoms with van der Waals surface area (Å²) in [4.78, 5) is 25.7. The fourth-order valence-electron chi connectivity index (χ4n) is 2.64. The summed E-state index contributed by atoms with van der Waals surface area (Å²) < 4.78 is 0. The first-order chi connectivity index (χ1) is 10.7. The van der Waals surface area contributed by atoms with Crippen LogP contribution in [0.2, 0.25) is 0 Å². The van der Waals surface area contributed by atoms with Gasteiger partial charge in [0.15, 0.2) is 0 Å². The number of rotatable bonds is 8. The van der Waals surface area contributed by atoms with E-state index >= 15 is 0 Å². The van der Waals surface area contributed by atoms with E-state index in [1.807, 2.05) is 24.3 Å². The zero-order valence-electron chi connectivity index (χ0n) is 13.6. The van der Waals surface area contributed by atoms with E-state index in [1.165, 1.54) is 5.56 Å². The quantitative estimate of drug-likeness (QED) is 0.711. The van der Waals surface area contributed by atoms with E-state index < -0.39 is 0 Å². The fraction of sp³-hybridized carbons (Fsp3) is 0.529. The van der Waals surface area contributed by atoms with Gasteiger partial charge in [-0.2, -0.15) is 0 Å². The van der Waals surface area contributed by atoms with Crippen molar-refractivity contribution in [2.75, 3.05) is 31.1 Å². The molecule has 1 aromatic rings. The van der Waals surface area contributed by atoms with Crippen molar-refractivity contribution in [3.05, 3.63) is 29.8 Å². The van der Waals surface area contributed by atoms with E-state index in [2.05, 4.69) is 17.6 Å². The van der Waals surface area contributed by atoms with Crippen LogP contribution in [-0.4, -0.2) is 38.0 Å². The van der Waals surface area contributed by atoms with Crippen LogP contribution in [0.1, 0.15) is 31.7 Å². The largest absolute Gasteiger partial charge is 0.355 e. The molecule has 2 amide bonds. The molecule has 1 heterocycles. The number of hydrogen-bond acceptors (Lipinski definition) is 3.